The molecule has 0 bridgehead atoms. The summed E-state index contributed by atoms with van der Waals surface area (Å²) in [6.07, 6.45) is 3.89. The van der Waals surface area contributed by atoms with E-state index in [4.69, 9.17) is 5.73 Å². The first-order valence-electron chi connectivity index (χ1n) is 5.42. The van der Waals surface area contributed by atoms with Gasteiger partial charge in [-0.15, -0.1) is 0 Å². The zero-order chi connectivity index (χ0) is 11.0. The van der Waals surface area contributed by atoms with Crippen LogP contribution in [0.1, 0.15) is 46.5 Å². The van der Waals surface area contributed by atoms with Crippen LogP contribution in [0.2, 0.25) is 0 Å². The van der Waals surface area contributed by atoms with Crippen molar-refractivity contribution in [3.05, 3.63) is 0 Å². The van der Waals surface area contributed by atoms with Crippen LogP contribution in [0.4, 0.5) is 0 Å². The predicted octanol–water partition coefficient (Wildman–Crippen LogP) is 1.67. The van der Waals surface area contributed by atoms with Crippen LogP contribution in [0.5, 0.6) is 0 Å². The molecule has 14 heavy (non-hydrogen) atoms. The second-order valence-corrected chi connectivity index (χ2v) is 4.91. The van der Waals surface area contributed by atoms with Gasteiger partial charge in [-0.3, -0.25) is 4.79 Å². The van der Waals surface area contributed by atoms with E-state index in [2.05, 4.69) is 26.1 Å². The quantitative estimate of drug-likeness (QED) is 0.641. The van der Waals surface area contributed by atoms with Gasteiger partial charge in [0.1, 0.15) is 0 Å². The summed E-state index contributed by atoms with van der Waals surface area (Å²) in [5, 5.41) is 2.85. The summed E-state index contributed by atoms with van der Waals surface area (Å²) in [7, 11) is 0. The van der Waals surface area contributed by atoms with Gasteiger partial charge in [0.2, 0.25) is 5.91 Å². The molecule has 3 nitrogen and oxygen atoms in total. The lowest BCUT2D eigenvalue weighted by Crippen LogP contribution is -2.26. The molecule has 0 spiro atoms. The summed E-state index contributed by atoms with van der Waals surface area (Å²) < 4.78 is 0. The summed E-state index contributed by atoms with van der Waals surface area (Å²) in [5.41, 5.74) is 5.66. The molecule has 0 radical (unpaired) electrons. The van der Waals surface area contributed by atoms with E-state index in [1.165, 1.54) is 12.8 Å². The van der Waals surface area contributed by atoms with Gasteiger partial charge < -0.3 is 11.1 Å². The van der Waals surface area contributed by atoms with Crippen LogP contribution in [-0.4, -0.2) is 19.0 Å². The first-order valence-corrected chi connectivity index (χ1v) is 5.42. The van der Waals surface area contributed by atoms with Gasteiger partial charge in [-0.25, -0.2) is 0 Å². The molecule has 84 valence electrons. The highest BCUT2D eigenvalue weighted by atomic mass is 16.1. The molecule has 0 aliphatic heterocycles. The minimum atomic E-state index is 0.0725. The Morgan fingerprint density at radius 1 is 1.29 bits per heavy atom. The number of amides is 1. The Labute approximate surface area is 87.4 Å². The number of unbranched alkanes of at least 4 members (excludes halogenated alkanes) is 1. The van der Waals surface area contributed by atoms with Gasteiger partial charge >= 0.3 is 0 Å². The monoisotopic (exact) mass is 200 g/mol. The van der Waals surface area contributed by atoms with E-state index in [1.54, 1.807) is 0 Å². The molecule has 1 amide bonds. The molecule has 0 unspecified atom stereocenters. The number of nitrogens with two attached hydrogens (primary N) is 1. The Balaban J connectivity index is 3.26. The number of carbonyl (C=O) groups excluding carboxylic acids is 1. The van der Waals surface area contributed by atoms with Crippen molar-refractivity contribution in [3.63, 3.8) is 0 Å². The van der Waals surface area contributed by atoms with Crippen LogP contribution >= 0.6 is 0 Å². The van der Waals surface area contributed by atoms with Crippen LogP contribution in [0.15, 0.2) is 0 Å². The Kier molecular flexibility index (Phi) is 6.54. The Bertz CT molecular complexity index is 161. The highest BCUT2D eigenvalue weighted by Gasteiger charge is 2.08. The van der Waals surface area contributed by atoms with E-state index in [9.17, 15) is 4.79 Å². The molecule has 0 aliphatic carbocycles. The van der Waals surface area contributed by atoms with E-state index in [0.717, 1.165) is 13.0 Å². The second kappa shape index (κ2) is 6.82. The minimum Gasteiger partial charge on any atom is -0.356 e. The molecule has 0 rings (SSSR count). The van der Waals surface area contributed by atoms with Gasteiger partial charge in [0.25, 0.3) is 0 Å². The van der Waals surface area contributed by atoms with Crippen LogP contribution in [0.25, 0.3) is 0 Å². The summed E-state index contributed by atoms with van der Waals surface area (Å²) in [6, 6.07) is 0. The maximum absolute atomic E-state index is 11.0. The number of nitrogens with one attached hydrogen (secondary N) is 1. The third-order valence-electron chi connectivity index (χ3n) is 2.05. The van der Waals surface area contributed by atoms with Crippen LogP contribution in [0, 0.1) is 5.41 Å². The van der Waals surface area contributed by atoms with Crippen LogP contribution in [-0.2, 0) is 4.79 Å². The molecular weight excluding hydrogens is 176 g/mol. The first-order chi connectivity index (χ1) is 6.45. The van der Waals surface area contributed by atoms with E-state index in [0.29, 0.717) is 18.4 Å². The van der Waals surface area contributed by atoms with Crippen molar-refractivity contribution in [2.75, 3.05) is 13.1 Å². The smallest absolute Gasteiger partial charge is 0.221 e. The first kappa shape index (κ1) is 13.4. The summed E-state index contributed by atoms with van der Waals surface area (Å²) in [4.78, 5) is 11.0. The van der Waals surface area contributed by atoms with E-state index in [1.807, 2.05) is 0 Å². The fraction of sp³-hybridized carbons (Fsp3) is 0.909. The van der Waals surface area contributed by atoms with Gasteiger partial charge in [-0.2, -0.15) is 0 Å². The third kappa shape index (κ3) is 9.52. The van der Waals surface area contributed by atoms with Crippen LogP contribution < -0.4 is 11.1 Å². The number of carbonyl (C=O) groups is 1. The minimum absolute atomic E-state index is 0.0725. The lowest BCUT2D eigenvalue weighted by atomic mass is 9.90. The molecule has 0 aromatic heterocycles. The van der Waals surface area contributed by atoms with Crippen LogP contribution in [0.3, 0.4) is 0 Å². The maximum atomic E-state index is 11.0. The average molecular weight is 200 g/mol. The van der Waals surface area contributed by atoms with Crippen molar-refractivity contribution in [1.82, 2.24) is 5.32 Å². The van der Waals surface area contributed by atoms with E-state index < -0.39 is 0 Å². The largest absolute Gasteiger partial charge is 0.356 e. The fourth-order valence-corrected chi connectivity index (χ4v) is 1.23. The summed E-state index contributed by atoms with van der Waals surface area (Å²) >= 11 is 0. The average Bonchev–Trinajstić information content (AvgIpc) is 2.02. The molecule has 0 aromatic carbocycles. The Hall–Kier alpha value is -0.570. The lowest BCUT2D eigenvalue weighted by Gasteiger charge is -2.17. The van der Waals surface area contributed by atoms with Gasteiger partial charge in [0.05, 0.1) is 0 Å². The molecule has 0 saturated heterocycles. The molecule has 0 saturated carbocycles. The Morgan fingerprint density at radius 2 is 1.93 bits per heavy atom. The topological polar surface area (TPSA) is 55.1 Å². The standard InChI is InChI=1S/C11H24N2O/c1-11(2,3)7-4-5-9-13-10(14)6-8-12/h4-9,12H2,1-3H3,(H,13,14). The SMILES string of the molecule is CC(C)(C)CCCCNC(=O)CCN. The summed E-state index contributed by atoms with van der Waals surface area (Å²) in [6.45, 7) is 7.93. The molecule has 0 aromatic rings. The molecule has 0 heterocycles. The maximum Gasteiger partial charge on any atom is 0.221 e. The highest BCUT2D eigenvalue weighted by Crippen LogP contribution is 2.20. The van der Waals surface area contributed by atoms with Crippen molar-refractivity contribution >= 4 is 5.91 Å². The number of hydrogen-bond acceptors (Lipinski definition) is 2. The van der Waals surface area contributed by atoms with Gasteiger partial charge in [-0.1, -0.05) is 27.2 Å². The molecule has 0 atom stereocenters. The third-order valence-corrected chi connectivity index (χ3v) is 2.05. The van der Waals surface area contributed by atoms with Crippen molar-refractivity contribution in [2.24, 2.45) is 11.1 Å². The fourth-order valence-electron chi connectivity index (χ4n) is 1.23. The zero-order valence-electron chi connectivity index (χ0n) is 9.73. The van der Waals surface area contributed by atoms with E-state index >= 15 is 0 Å². The number of rotatable bonds is 6. The zero-order valence-corrected chi connectivity index (χ0v) is 9.73. The predicted molar refractivity (Wildman–Crippen MR) is 60.0 cm³/mol. The molecule has 3 heteroatoms. The molecule has 3 N–H and O–H groups in total. The molecule has 0 aliphatic rings. The molecule has 0 fully saturated rings. The lowest BCUT2D eigenvalue weighted by molar-refractivity contribution is -0.120. The van der Waals surface area contributed by atoms with Crippen molar-refractivity contribution in [2.45, 2.75) is 46.5 Å². The second-order valence-electron chi connectivity index (χ2n) is 4.91. The molecular formula is C11H24N2O. The summed E-state index contributed by atoms with van der Waals surface area (Å²) in [5.74, 6) is 0.0725. The van der Waals surface area contributed by atoms with Gasteiger partial charge in [0, 0.05) is 19.5 Å². The van der Waals surface area contributed by atoms with Crippen molar-refractivity contribution in [1.29, 1.82) is 0 Å². The van der Waals surface area contributed by atoms with Crippen molar-refractivity contribution in [3.8, 4) is 0 Å². The van der Waals surface area contributed by atoms with Gasteiger partial charge in [-0.05, 0) is 18.3 Å². The number of hydrogen-bond donors (Lipinski definition) is 2. The Morgan fingerprint density at radius 3 is 2.43 bits per heavy atom. The van der Waals surface area contributed by atoms with Crippen molar-refractivity contribution < 1.29 is 4.79 Å². The van der Waals surface area contributed by atoms with Gasteiger partial charge in [0.15, 0.2) is 0 Å². The van der Waals surface area contributed by atoms with E-state index in [-0.39, 0.29) is 5.91 Å². The normalized spacial score (nSPS) is 11.4. The highest BCUT2D eigenvalue weighted by molar-refractivity contribution is 5.75.